The van der Waals surface area contributed by atoms with Crippen molar-refractivity contribution >= 4 is 34.5 Å². The first-order valence-electron chi connectivity index (χ1n) is 12.3. The number of carbonyl (C=O) groups excluding carboxylic acids is 4. The average molecular weight is 496 g/mol. The summed E-state index contributed by atoms with van der Waals surface area (Å²) in [5.41, 5.74) is 0.455. The third kappa shape index (κ3) is 4.91. The molecule has 3 aliphatic rings. The van der Waals surface area contributed by atoms with Crippen molar-refractivity contribution in [3.63, 3.8) is 0 Å². The number of hydrogen-bond donors (Lipinski definition) is 3. The molecular weight excluding hydrogens is 466 g/mol. The van der Waals surface area contributed by atoms with Crippen LogP contribution in [0, 0.1) is 0 Å². The summed E-state index contributed by atoms with van der Waals surface area (Å²) in [6.07, 6.45) is 1.12. The normalized spacial score (nSPS) is 28.6. The van der Waals surface area contributed by atoms with Crippen molar-refractivity contribution in [2.45, 2.75) is 62.6 Å². The Bertz CT molecular complexity index is 1190. The van der Waals surface area contributed by atoms with Gasteiger partial charge in [-0.25, -0.2) is 0 Å². The number of aliphatic hydroxyl groups is 1. The first-order valence-corrected chi connectivity index (χ1v) is 12.3. The summed E-state index contributed by atoms with van der Waals surface area (Å²) in [7, 11) is 0. The van der Waals surface area contributed by atoms with Crippen LogP contribution in [0.1, 0.15) is 42.5 Å². The van der Waals surface area contributed by atoms with Crippen LogP contribution in [0.25, 0.3) is 10.8 Å². The highest BCUT2D eigenvalue weighted by atomic mass is 16.6. The Morgan fingerprint density at radius 3 is 2.53 bits per heavy atom. The van der Waals surface area contributed by atoms with Gasteiger partial charge in [-0.15, -0.1) is 0 Å². The maximum absolute atomic E-state index is 13.7. The number of amides is 3. The van der Waals surface area contributed by atoms with Crippen LogP contribution in [0.3, 0.4) is 0 Å². The minimum Gasteiger partial charge on any atom is -0.434 e. The van der Waals surface area contributed by atoms with Crippen molar-refractivity contribution in [3.8, 4) is 0 Å². The van der Waals surface area contributed by atoms with E-state index >= 15 is 0 Å². The van der Waals surface area contributed by atoms with Crippen LogP contribution in [0.4, 0.5) is 0 Å². The van der Waals surface area contributed by atoms with Gasteiger partial charge in [0.15, 0.2) is 0 Å². The Morgan fingerprint density at radius 2 is 1.75 bits per heavy atom. The third-order valence-corrected chi connectivity index (χ3v) is 7.08. The Morgan fingerprint density at radius 1 is 0.972 bits per heavy atom. The molecule has 0 spiro atoms. The topological polar surface area (TPSA) is 134 Å². The van der Waals surface area contributed by atoms with Crippen molar-refractivity contribution in [2.75, 3.05) is 13.2 Å². The Labute approximate surface area is 207 Å². The lowest BCUT2D eigenvalue weighted by Crippen LogP contribution is -2.65. The maximum atomic E-state index is 13.7. The summed E-state index contributed by atoms with van der Waals surface area (Å²) in [6.45, 7) is 0.283. The molecule has 10 nitrogen and oxygen atoms in total. The number of nitrogens with one attached hydrogen (secondary N) is 2. The number of esters is 1. The van der Waals surface area contributed by atoms with E-state index in [4.69, 9.17) is 9.47 Å². The van der Waals surface area contributed by atoms with Crippen molar-refractivity contribution in [2.24, 2.45) is 0 Å². The first-order chi connectivity index (χ1) is 17.4. The highest BCUT2D eigenvalue weighted by Crippen LogP contribution is 2.25. The van der Waals surface area contributed by atoms with E-state index in [1.54, 1.807) is 12.1 Å². The van der Waals surface area contributed by atoms with E-state index in [0.717, 1.165) is 23.6 Å². The van der Waals surface area contributed by atoms with E-state index in [-0.39, 0.29) is 30.9 Å². The van der Waals surface area contributed by atoms with Gasteiger partial charge in [0, 0.05) is 5.56 Å². The quantitative estimate of drug-likeness (QED) is 0.536. The van der Waals surface area contributed by atoms with E-state index in [2.05, 4.69) is 10.6 Å². The Hall–Kier alpha value is -3.50. The molecule has 0 radical (unpaired) electrons. The van der Waals surface area contributed by atoms with Gasteiger partial charge < -0.3 is 30.1 Å². The smallest absolute Gasteiger partial charge is 0.310 e. The molecule has 3 fully saturated rings. The number of cyclic esters (lactones) is 1. The van der Waals surface area contributed by atoms with Gasteiger partial charge in [-0.05, 0) is 35.7 Å². The molecule has 36 heavy (non-hydrogen) atoms. The van der Waals surface area contributed by atoms with E-state index in [1.807, 2.05) is 30.3 Å². The molecule has 3 heterocycles. The van der Waals surface area contributed by atoms with Crippen LogP contribution in [0.5, 0.6) is 0 Å². The minimum atomic E-state index is -1.43. The van der Waals surface area contributed by atoms with Gasteiger partial charge in [0.05, 0.1) is 25.7 Å². The van der Waals surface area contributed by atoms with Crippen LogP contribution >= 0.6 is 0 Å². The molecule has 0 aliphatic carbocycles. The lowest BCUT2D eigenvalue weighted by Gasteiger charge is -2.44. The number of ether oxygens (including phenoxy) is 2. The fourth-order valence-electron chi connectivity index (χ4n) is 5.17. The molecule has 10 heteroatoms. The van der Waals surface area contributed by atoms with Crippen molar-refractivity contribution in [1.82, 2.24) is 15.5 Å². The van der Waals surface area contributed by atoms with E-state index in [1.165, 1.54) is 4.90 Å². The predicted molar refractivity (Wildman–Crippen MR) is 128 cm³/mol. The molecule has 0 aromatic heterocycles. The van der Waals surface area contributed by atoms with Gasteiger partial charge >= 0.3 is 5.97 Å². The molecule has 0 bridgehead atoms. The number of rotatable bonds is 4. The lowest BCUT2D eigenvalue weighted by atomic mass is 9.95. The van der Waals surface area contributed by atoms with Gasteiger partial charge in [0.25, 0.3) is 5.91 Å². The van der Waals surface area contributed by atoms with Crippen LogP contribution in [-0.2, 0) is 23.9 Å². The van der Waals surface area contributed by atoms with Crippen LogP contribution in [0.2, 0.25) is 0 Å². The summed E-state index contributed by atoms with van der Waals surface area (Å²) in [5.74, 6) is -1.83. The first kappa shape index (κ1) is 24.2. The molecule has 5 rings (SSSR count). The second-order valence-electron chi connectivity index (χ2n) is 9.52. The number of nitrogens with zero attached hydrogens (tertiary/aromatic N) is 1. The zero-order valence-corrected chi connectivity index (χ0v) is 19.7. The average Bonchev–Trinajstić information content (AvgIpc) is 3.19. The fraction of sp³-hybridized carbons (Fsp3) is 0.462. The van der Waals surface area contributed by atoms with E-state index in [0.29, 0.717) is 25.0 Å². The number of hydrogen-bond acceptors (Lipinski definition) is 7. The molecule has 0 saturated carbocycles. The maximum Gasteiger partial charge on any atom is 0.310 e. The molecule has 3 N–H and O–H groups in total. The molecule has 3 aliphatic heterocycles. The van der Waals surface area contributed by atoms with Gasteiger partial charge in [0.1, 0.15) is 18.1 Å². The second kappa shape index (κ2) is 10.2. The molecule has 190 valence electrons. The summed E-state index contributed by atoms with van der Waals surface area (Å²) in [5, 5.41) is 17.3. The Kier molecular flexibility index (Phi) is 6.88. The predicted octanol–water partition coefficient (Wildman–Crippen LogP) is 0.858. The number of carbonyl (C=O) groups is 4. The zero-order valence-electron chi connectivity index (χ0n) is 19.7. The summed E-state index contributed by atoms with van der Waals surface area (Å²) in [4.78, 5) is 52.9. The molecule has 3 amide bonds. The molecule has 2 aromatic rings. The zero-order chi connectivity index (χ0) is 25.2. The fourth-order valence-corrected chi connectivity index (χ4v) is 5.17. The van der Waals surface area contributed by atoms with Crippen LogP contribution in [0.15, 0.2) is 42.5 Å². The van der Waals surface area contributed by atoms with E-state index < -0.39 is 36.3 Å². The highest BCUT2D eigenvalue weighted by Gasteiger charge is 2.44. The van der Waals surface area contributed by atoms with Crippen molar-refractivity contribution < 1.29 is 33.8 Å². The van der Waals surface area contributed by atoms with Gasteiger partial charge in [-0.1, -0.05) is 43.2 Å². The third-order valence-electron chi connectivity index (χ3n) is 7.08. The number of aliphatic hydroxyl groups excluding tert-OH is 1. The lowest BCUT2D eigenvalue weighted by molar-refractivity contribution is -0.160. The van der Waals surface area contributed by atoms with Crippen LogP contribution in [-0.4, -0.2) is 77.4 Å². The van der Waals surface area contributed by atoms with Gasteiger partial charge in [-0.3, -0.25) is 19.2 Å². The number of fused-ring (bicyclic) bond motifs is 2. The molecular formula is C26H29N3O7. The summed E-state index contributed by atoms with van der Waals surface area (Å²) < 4.78 is 10.4. The summed E-state index contributed by atoms with van der Waals surface area (Å²) >= 11 is 0. The minimum absolute atomic E-state index is 0.0168. The second-order valence-corrected chi connectivity index (χ2v) is 9.52. The summed E-state index contributed by atoms with van der Waals surface area (Å²) in [6, 6.07) is 10.2. The van der Waals surface area contributed by atoms with Gasteiger partial charge in [-0.2, -0.15) is 0 Å². The number of benzene rings is 2. The van der Waals surface area contributed by atoms with Crippen molar-refractivity contribution in [3.05, 3.63) is 48.0 Å². The van der Waals surface area contributed by atoms with Crippen molar-refractivity contribution in [1.29, 1.82) is 0 Å². The monoisotopic (exact) mass is 495 g/mol. The SMILES string of the molecule is O=C1CC(NC(=O)C2COCC3CCCCC(NC(=O)c4ccc5ccccc5c4)C(=O)N32)C(O)O1. The number of morpholine rings is 1. The molecule has 5 atom stereocenters. The highest BCUT2D eigenvalue weighted by molar-refractivity contribution is 6.01. The molecule has 3 saturated heterocycles. The Balaban J connectivity index is 1.33. The standard InChI is InChI=1S/C26H29N3O7/c30-22-12-20(26(34)36-22)28-24(32)21-14-35-13-18-7-3-4-8-19(25(33)29(18)21)27-23(31)17-10-9-15-5-1-2-6-16(15)11-17/h1-2,5-6,9-11,18-21,26,34H,3-4,7-8,12-14H2,(H,27,31)(H,28,32). The molecule has 5 unspecified atom stereocenters. The van der Waals surface area contributed by atoms with Gasteiger partial charge in [0.2, 0.25) is 18.1 Å². The molecule has 2 aromatic carbocycles. The largest absolute Gasteiger partial charge is 0.434 e. The van der Waals surface area contributed by atoms with E-state index in [9.17, 15) is 24.3 Å². The van der Waals surface area contributed by atoms with Crippen LogP contribution < -0.4 is 10.6 Å².